The molecule has 0 aliphatic rings. The highest BCUT2D eigenvalue weighted by Gasteiger charge is 2.24. The molecule has 0 aliphatic heterocycles. The molecule has 0 fully saturated rings. The van der Waals surface area contributed by atoms with Crippen LogP contribution >= 0.6 is 35.0 Å². The quantitative estimate of drug-likeness (QED) is 0.307. The van der Waals surface area contributed by atoms with Gasteiger partial charge < -0.3 is 15.2 Å². The first-order valence-corrected chi connectivity index (χ1v) is 13.4. The van der Waals surface area contributed by atoms with Gasteiger partial charge in [-0.3, -0.25) is 9.59 Å². The Balaban J connectivity index is 1.72. The van der Waals surface area contributed by atoms with Gasteiger partial charge in [-0.15, -0.1) is 10.2 Å². The summed E-state index contributed by atoms with van der Waals surface area (Å²) in [6.07, 6.45) is 0.653. The Morgan fingerprint density at radius 3 is 2.33 bits per heavy atom. The third-order valence-corrected chi connectivity index (χ3v) is 7.21. The molecule has 0 radical (unpaired) electrons. The summed E-state index contributed by atoms with van der Waals surface area (Å²) in [5.41, 5.74) is 4.39. The Morgan fingerprint density at radius 1 is 1.06 bits per heavy atom. The van der Waals surface area contributed by atoms with Gasteiger partial charge in [0, 0.05) is 17.8 Å². The summed E-state index contributed by atoms with van der Waals surface area (Å²) in [7, 11) is 1.83. The fraction of sp³-hybridized carbons (Fsp3) is 0.385. The number of hydrogen-bond acceptors (Lipinski definition) is 5. The first-order chi connectivity index (χ1) is 17.0. The molecule has 2 N–H and O–H groups in total. The zero-order chi connectivity index (χ0) is 26.6. The number of rotatable bonds is 9. The van der Waals surface area contributed by atoms with Crippen LogP contribution in [0.5, 0.6) is 0 Å². The number of aromatic nitrogens is 3. The third-order valence-electron chi connectivity index (χ3n) is 5.64. The highest BCUT2D eigenvalue weighted by atomic mass is 35.5. The van der Waals surface area contributed by atoms with E-state index in [0.29, 0.717) is 28.0 Å². The van der Waals surface area contributed by atoms with Crippen LogP contribution in [0.1, 0.15) is 59.2 Å². The molecule has 0 spiro atoms. The van der Waals surface area contributed by atoms with Gasteiger partial charge in [0.2, 0.25) is 5.91 Å². The fourth-order valence-corrected chi connectivity index (χ4v) is 5.26. The van der Waals surface area contributed by atoms with Crippen LogP contribution in [0.15, 0.2) is 35.5 Å². The molecule has 0 saturated carbocycles. The normalized spacial score (nSPS) is 12.0. The molecule has 1 heterocycles. The van der Waals surface area contributed by atoms with Gasteiger partial charge in [0.25, 0.3) is 5.91 Å². The molecule has 36 heavy (non-hydrogen) atoms. The topological polar surface area (TPSA) is 88.9 Å². The Bertz CT molecular complexity index is 1250. The summed E-state index contributed by atoms with van der Waals surface area (Å²) in [4.78, 5) is 25.6. The lowest BCUT2D eigenvalue weighted by Crippen LogP contribution is -2.31. The van der Waals surface area contributed by atoms with Crippen LogP contribution in [0.3, 0.4) is 0 Å². The van der Waals surface area contributed by atoms with Crippen molar-refractivity contribution in [2.45, 2.75) is 52.2 Å². The van der Waals surface area contributed by atoms with Crippen LogP contribution in [0.25, 0.3) is 0 Å². The molecule has 0 unspecified atom stereocenters. The van der Waals surface area contributed by atoms with Gasteiger partial charge in [0.15, 0.2) is 11.0 Å². The number of thioether (sulfide) groups is 1. The minimum Gasteiger partial charge on any atom is -0.342 e. The highest BCUT2D eigenvalue weighted by Crippen LogP contribution is 2.27. The lowest BCUT2D eigenvalue weighted by Gasteiger charge is -2.20. The Kier molecular flexibility index (Phi) is 9.44. The molecule has 7 nitrogen and oxygen atoms in total. The number of halogens is 2. The van der Waals surface area contributed by atoms with Gasteiger partial charge in [-0.2, -0.15) is 0 Å². The largest absolute Gasteiger partial charge is 0.342 e. The van der Waals surface area contributed by atoms with Gasteiger partial charge in [0.05, 0.1) is 22.4 Å². The zero-order valence-corrected chi connectivity index (χ0v) is 23.6. The van der Waals surface area contributed by atoms with E-state index in [0.717, 1.165) is 22.4 Å². The summed E-state index contributed by atoms with van der Waals surface area (Å²) in [5.74, 6) is 0.637. The van der Waals surface area contributed by atoms with Crippen molar-refractivity contribution in [1.29, 1.82) is 0 Å². The first-order valence-electron chi connectivity index (χ1n) is 11.6. The van der Waals surface area contributed by atoms with Gasteiger partial charge in [-0.05, 0) is 62.4 Å². The molecule has 1 atom stereocenters. The molecule has 10 heteroatoms. The number of nitrogens with zero attached hydrogens (tertiary/aromatic N) is 3. The van der Waals surface area contributed by atoms with Gasteiger partial charge in [0.1, 0.15) is 0 Å². The average molecular weight is 549 g/mol. The number of anilines is 1. The summed E-state index contributed by atoms with van der Waals surface area (Å²) in [6, 6.07) is 8.47. The molecule has 0 aliphatic carbocycles. The zero-order valence-electron chi connectivity index (χ0n) is 21.3. The van der Waals surface area contributed by atoms with E-state index < -0.39 is 0 Å². The van der Waals surface area contributed by atoms with E-state index in [1.807, 2.05) is 44.5 Å². The molecule has 2 amide bonds. The number of benzene rings is 2. The van der Waals surface area contributed by atoms with E-state index in [1.54, 1.807) is 12.1 Å². The predicted octanol–water partition coefficient (Wildman–Crippen LogP) is 6.30. The first kappa shape index (κ1) is 28.0. The molecule has 192 valence electrons. The van der Waals surface area contributed by atoms with E-state index in [4.69, 9.17) is 23.2 Å². The van der Waals surface area contributed by atoms with Crippen molar-refractivity contribution in [3.63, 3.8) is 0 Å². The van der Waals surface area contributed by atoms with Crippen LogP contribution in [-0.2, 0) is 11.8 Å². The van der Waals surface area contributed by atoms with Crippen LogP contribution in [0.4, 0.5) is 5.69 Å². The predicted molar refractivity (Wildman–Crippen MR) is 147 cm³/mol. The summed E-state index contributed by atoms with van der Waals surface area (Å²) < 4.78 is 1.82. The van der Waals surface area contributed by atoms with Crippen molar-refractivity contribution in [2.24, 2.45) is 13.0 Å². The Hall–Kier alpha value is -2.55. The van der Waals surface area contributed by atoms with E-state index in [2.05, 4.69) is 34.7 Å². The number of aryl methyl sites for hydroxylation is 3. The molecule has 3 aromatic rings. The fourth-order valence-electron chi connectivity index (χ4n) is 4.05. The van der Waals surface area contributed by atoms with Crippen LogP contribution in [-0.4, -0.2) is 32.3 Å². The maximum atomic E-state index is 13.0. The number of nitrogens with one attached hydrogen (secondary N) is 2. The van der Waals surface area contributed by atoms with Crippen molar-refractivity contribution in [3.05, 3.63) is 68.5 Å². The van der Waals surface area contributed by atoms with Crippen LogP contribution in [0, 0.1) is 26.7 Å². The maximum absolute atomic E-state index is 13.0. The average Bonchev–Trinajstić information content (AvgIpc) is 3.14. The minimum atomic E-state index is -0.386. The van der Waals surface area contributed by atoms with Gasteiger partial charge >= 0.3 is 0 Å². The van der Waals surface area contributed by atoms with Gasteiger partial charge in [-0.25, -0.2) is 0 Å². The lowest BCUT2D eigenvalue weighted by molar-refractivity contribution is -0.113. The number of carbonyl (C=O) groups is 2. The molecular formula is C26H31Cl2N5O2S. The second-order valence-electron chi connectivity index (χ2n) is 9.29. The van der Waals surface area contributed by atoms with E-state index in [9.17, 15) is 9.59 Å². The SMILES string of the molecule is Cc1cc(C)c(NC(=O)CSc2nnc([C@H](CC(C)C)NC(=O)c3ccc(Cl)cc3Cl)n2C)c(C)c1. The van der Waals surface area contributed by atoms with Crippen LogP contribution in [0.2, 0.25) is 10.0 Å². The standard InChI is InChI=1S/C26H31Cl2N5O2S/c1-14(2)9-21(29-25(35)19-8-7-18(27)12-20(19)28)24-31-32-26(33(24)6)36-13-22(34)30-23-16(4)10-15(3)11-17(23)5/h7-8,10-12,14,21H,9,13H2,1-6H3,(H,29,35)(H,30,34)/t21-/m0/s1. The highest BCUT2D eigenvalue weighted by molar-refractivity contribution is 7.99. The third kappa shape index (κ3) is 7.02. The van der Waals surface area contributed by atoms with Gasteiger partial charge in [-0.1, -0.05) is 66.5 Å². The Labute approximate surface area is 226 Å². The van der Waals surface area contributed by atoms with Crippen molar-refractivity contribution >= 4 is 52.5 Å². The number of amides is 2. The molecule has 3 rings (SSSR count). The molecular weight excluding hydrogens is 517 g/mol. The lowest BCUT2D eigenvalue weighted by atomic mass is 10.0. The molecule has 0 bridgehead atoms. The van der Waals surface area contributed by atoms with Crippen LogP contribution < -0.4 is 10.6 Å². The van der Waals surface area contributed by atoms with E-state index >= 15 is 0 Å². The van der Waals surface area contributed by atoms with Crippen molar-refractivity contribution in [2.75, 3.05) is 11.1 Å². The summed E-state index contributed by atoms with van der Waals surface area (Å²) >= 11 is 13.5. The summed E-state index contributed by atoms with van der Waals surface area (Å²) in [6.45, 7) is 10.1. The maximum Gasteiger partial charge on any atom is 0.253 e. The van der Waals surface area contributed by atoms with Crippen molar-refractivity contribution in [1.82, 2.24) is 20.1 Å². The second kappa shape index (κ2) is 12.1. The smallest absolute Gasteiger partial charge is 0.253 e. The monoisotopic (exact) mass is 547 g/mol. The van der Waals surface area contributed by atoms with Crippen molar-refractivity contribution < 1.29 is 9.59 Å². The van der Waals surface area contributed by atoms with Crippen molar-refractivity contribution in [3.8, 4) is 0 Å². The molecule has 2 aromatic carbocycles. The molecule has 1 aromatic heterocycles. The minimum absolute atomic E-state index is 0.121. The molecule has 0 saturated heterocycles. The Morgan fingerprint density at radius 2 is 1.72 bits per heavy atom. The summed E-state index contributed by atoms with van der Waals surface area (Å²) in [5, 5.41) is 16.0. The van der Waals surface area contributed by atoms with E-state index in [1.165, 1.54) is 17.8 Å². The number of carbonyl (C=O) groups excluding carboxylic acids is 2. The second-order valence-corrected chi connectivity index (χ2v) is 11.1. The number of hydrogen-bond donors (Lipinski definition) is 2. The van der Waals surface area contributed by atoms with E-state index in [-0.39, 0.29) is 34.5 Å².